The predicted octanol–water partition coefficient (Wildman–Crippen LogP) is 0.888. The molecule has 0 aromatic carbocycles. The molecule has 1 unspecified atom stereocenters. The third kappa shape index (κ3) is 3.64. The highest BCUT2D eigenvalue weighted by Crippen LogP contribution is 2.19. The Kier molecular flexibility index (Phi) is 4.55. The summed E-state index contributed by atoms with van der Waals surface area (Å²) in [7, 11) is 2.04. The second kappa shape index (κ2) is 6.76. The predicted molar refractivity (Wildman–Crippen MR) is 80.4 cm³/mol. The largest absolute Gasteiger partial charge is 0.491 e. The molecule has 1 N–H and O–H groups in total. The molecule has 0 spiro atoms. The number of hydrogen-bond donors (Lipinski definition) is 1. The Labute approximate surface area is 125 Å². The van der Waals surface area contributed by atoms with Gasteiger partial charge in [0.1, 0.15) is 5.75 Å². The fourth-order valence-corrected chi connectivity index (χ4v) is 2.50. The van der Waals surface area contributed by atoms with Crippen LogP contribution < -0.4 is 10.1 Å². The monoisotopic (exact) mass is 290 g/mol. The number of guanidine groups is 1. The Hall–Kier alpha value is -1.82. The number of nitrogens with zero attached hydrogens (tertiary/aromatic N) is 3. The topological polar surface area (TPSA) is 59.0 Å². The van der Waals surface area contributed by atoms with Gasteiger partial charge in [-0.15, -0.1) is 0 Å². The Morgan fingerprint density at radius 3 is 3.24 bits per heavy atom. The molecular formula is C15H22N4O2. The highest BCUT2D eigenvalue weighted by atomic mass is 16.5. The molecule has 3 heterocycles. The third-order valence-electron chi connectivity index (χ3n) is 3.86. The average Bonchev–Trinajstić information content (AvgIpc) is 3.15. The SMILES string of the molecule is CN1CCN=C1NCc1ccncc1OCC1CCOC1. The lowest BCUT2D eigenvalue weighted by molar-refractivity contribution is 0.166. The molecular weight excluding hydrogens is 268 g/mol. The summed E-state index contributed by atoms with van der Waals surface area (Å²) in [5.74, 6) is 2.29. The first-order chi connectivity index (χ1) is 10.3. The van der Waals surface area contributed by atoms with Crippen LogP contribution >= 0.6 is 0 Å². The quantitative estimate of drug-likeness (QED) is 0.872. The lowest BCUT2D eigenvalue weighted by Gasteiger charge is -2.17. The van der Waals surface area contributed by atoms with Crippen molar-refractivity contribution in [1.29, 1.82) is 0 Å². The number of ether oxygens (including phenoxy) is 2. The van der Waals surface area contributed by atoms with Crippen molar-refractivity contribution in [2.45, 2.75) is 13.0 Å². The van der Waals surface area contributed by atoms with E-state index in [4.69, 9.17) is 9.47 Å². The smallest absolute Gasteiger partial charge is 0.194 e. The number of hydrogen-bond acceptors (Lipinski definition) is 6. The minimum Gasteiger partial charge on any atom is -0.491 e. The maximum atomic E-state index is 5.93. The number of pyridine rings is 1. The molecule has 21 heavy (non-hydrogen) atoms. The van der Waals surface area contributed by atoms with Crippen LogP contribution in [0.3, 0.4) is 0 Å². The van der Waals surface area contributed by atoms with Crippen LogP contribution in [0.5, 0.6) is 5.75 Å². The van der Waals surface area contributed by atoms with Gasteiger partial charge in [0.25, 0.3) is 0 Å². The van der Waals surface area contributed by atoms with Gasteiger partial charge in [-0.25, -0.2) is 0 Å². The molecule has 0 saturated carbocycles. The van der Waals surface area contributed by atoms with Crippen LogP contribution in [0, 0.1) is 5.92 Å². The Balaban J connectivity index is 1.56. The van der Waals surface area contributed by atoms with E-state index in [1.807, 2.05) is 13.1 Å². The molecule has 6 nitrogen and oxygen atoms in total. The molecule has 3 rings (SSSR count). The summed E-state index contributed by atoms with van der Waals surface area (Å²) in [6.45, 7) is 4.88. The van der Waals surface area contributed by atoms with Crippen LogP contribution in [0.4, 0.5) is 0 Å². The lowest BCUT2D eigenvalue weighted by Crippen LogP contribution is -2.35. The molecule has 1 fully saturated rings. The summed E-state index contributed by atoms with van der Waals surface area (Å²) in [5, 5.41) is 3.36. The van der Waals surface area contributed by atoms with E-state index < -0.39 is 0 Å². The van der Waals surface area contributed by atoms with Crippen LogP contribution in [-0.2, 0) is 11.3 Å². The van der Waals surface area contributed by atoms with E-state index in [-0.39, 0.29) is 0 Å². The highest BCUT2D eigenvalue weighted by Gasteiger charge is 2.17. The molecule has 0 bridgehead atoms. The molecule has 1 aromatic heterocycles. The molecule has 2 aliphatic rings. The van der Waals surface area contributed by atoms with Crippen molar-refractivity contribution in [2.24, 2.45) is 10.9 Å². The van der Waals surface area contributed by atoms with Gasteiger partial charge in [-0.1, -0.05) is 0 Å². The van der Waals surface area contributed by atoms with Crippen LogP contribution in [0.1, 0.15) is 12.0 Å². The maximum Gasteiger partial charge on any atom is 0.194 e. The minimum absolute atomic E-state index is 0.497. The highest BCUT2D eigenvalue weighted by molar-refractivity contribution is 5.81. The second-order valence-electron chi connectivity index (χ2n) is 5.50. The van der Waals surface area contributed by atoms with E-state index in [2.05, 4.69) is 20.2 Å². The summed E-state index contributed by atoms with van der Waals surface area (Å²) in [5.41, 5.74) is 1.10. The molecule has 0 radical (unpaired) electrons. The van der Waals surface area contributed by atoms with Crippen molar-refractivity contribution in [3.63, 3.8) is 0 Å². The summed E-state index contributed by atoms with van der Waals surface area (Å²) < 4.78 is 11.3. The summed E-state index contributed by atoms with van der Waals surface area (Å²) >= 11 is 0. The van der Waals surface area contributed by atoms with E-state index >= 15 is 0 Å². The maximum absolute atomic E-state index is 5.93. The zero-order valence-corrected chi connectivity index (χ0v) is 12.4. The van der Waals surface area contributed by atoms with Crippen LogP contribution in [-0.4, -0.2) is 55.8 Å². The van der Waals surface area contributed by atoms with Crippen molar-refractivity contribution in [3.05, 3.63) is 24.0 Å². The van der Waals surface area contributed by atoms with Crippen LogP contribution in [0.2, 0.25) is 0 Å². The molecule has 2 aliphatic heterocycles. The molecule has 114 valence electrons. The summed E-state index contributed by atoms with van der Waals surface area (Å²) in [4.78, 5) is 10.7. The van der Waals surface area contributed by atoms with Gasteiger partial charge in [-0.2, -0.15) is 0 Å². The standard InChI is InChI=1S/C15H22N4O2/c1-19-6-5-17-15(19)18-8-13-2-4-16-9-14(13)21-11-12-3-7-20-10-12/h2,4,9,12H,3,5-8,10-11H2,1H3,(H,17,18). The Bertz CT molecular complexity index is 500. The molecule has 0 aliphatic carbocycles. The van der Waals surface area contributed by atoms with Crippen molar-refractivity contribution in [2.75, 3.05) is 40.0 Å². The van der Waals surface area contributed by atoms with E-state index in [9.17, 15) is 0 Å². The minimum atomic E-state index is 0.497. The first-order valence-corrected chi connectivity index (χ1v) is 7.46. The van der Waals surface area contributed by atoms with Crippen molar-refractivity contribution in [3.8, 4) is 5.75 Å². The van der Waals surface area contributed by atoms with E-state index in [0.29, 0.717) is 19.1 Å². The van der Waals surface area contributed by atoms with Crippen molar-refractivity contribution >= 4 is 5.96 Å². The van der Waals surface area contributed by atoms with Gasteiger partial charge < -0.3 is 19.7 Å². The fourth-order valence-electron chi connectivity index (χ4n) is 2.50. The molecule has 1 saturated heterocycles. The third-order valence-corrected chi connectivity index (χ3v) is 3.86. The number of aromatic nitrogens is 1. The molecule has 6 heteroatoms. The average molecular weight is 290 g/mol. The van der Waals surface area contributed by atoms with Gasteiger partial charge in [0, 0.05) is 44.4 Å². The summed E-state index contributed by atoms with van der Waals surface area (Å²) in [6.07, 6.45) is 4.66. The number of likely N-dealkylation sites (N-methyl/N-ethyl adjacent to an activating group) is 1. The van der Waals surface area contributed by atoms with Gasteiger partial charge in [-0.3, -0.25) is 9.98 Å². The van der Waals surface area contributed by atoms with Crippen molar-refractivity contribution in [1.82, 2.24) is 15.2 Å². The zero-order valence-electron chi connectivity index (χ0n) is 12.4. The lowest BCUT2D eigenvalue weighted by atomic mass is 10.1. The first-order valence-electron chi connectivity index (χ1n) is 7.46. The number of aliphatic imine (C=N–C) groups is 1. The van der Waals surface area contributed by atoms with Gasteiger partial charge in [0.2, 0.25) is 0 Å². The van der Waals surface area contributed by atoms with Gasteiger partial charge >= 0.3 is 0 Å². The van der Waals surface area contributed by atoms with Gasteiger partial charge in [-0.05, 0) is 12.5 Å². The Morgan fingerprint density at radius 2 is 2.48 bits per heavy atom. The molecule has 1 aromatic rings. The summed E-state index contributed by atoms with van der Waals surface area (Å²) in [6, 6.07) is 1.99. The zero-order chi connectivity index (χ0) is 14.5. The number of rotatable bonds is 5. The second-order valence-corrected chi connectivity index (χ2v) is 5.50. The number of nitrogens with one attached hydrogen (secondary N) is 1. The normalized spacial score (nSPS) is 21.5. The van der Waals surface area contributed by atoms with E-state index in [0.717, 1.165) is 50.0 Å². The first kappa shape index (κ1) is 14.1. The molecule has 1 atom stereocenters. The molecule has 0 amide bonds. The fraction of sp³-hybridized carbons (Fsp3) is 0.600. The van der Waals surface area contributed by atoms with E-state index in [1.165, 1.54) is 0 Å². The van der Waals surface area contributed by atoms with Crippen LogP contribution in [0.15, 0.2) is 23.5 Å². The Morgan fingerprint density at radius 1 is 1.52 bits per heavy atom. The van der Waals surface area contributed by atoms with Crippen molar-refractivity contribution < 1.29 is 9.47 Å². The van der Waals surface area contributed by atoms with Crippen LogP contribution in [0.25, 0.3) is 0 Å². The van der Waals surface area contributed by atoms with Gasteiger partial charge in [0.15, 0.2) is 5.96 Å². The van der Waals surface area contributed by atoms with E-state index in [1.54, 1.807) is 12.4 Å². The van der Waals surface area contributed by atoms with Gasteiger partial charge in [0.05, 0.1) is 26.0 Å².